The van der Waals surface area contributed by atoms with Gasteiger partial charge in [-0.3, -0.25) is 0 Å². The summed E-state index contributed by atoms with van der Waals surface area (Å²) in [5, 5.41) is 25.7. The number of nitriles is 2. The number of rotatable bonds is 3. The molecule has 0 fully saturated rings. The number of para-hydroxylation sites is 2. The number of thiophene rings is 1. The molecule has 0 saturated carbocycles. The maximum Gasteiger partial charge on any atom is 0.0992 e. The quantitative estimate of drug-likeness (QED) is 0.190. The van der Waals surface area contributed by atoms with Gasteiger partial charge in [0, 0.05) is 65.3 Å². The fourth-order valence-corrected chi connectivity index (χ4v) is 8.99. The molecule has 3 heterocycles. The van der Waals surface area contributed by atoms with Crippen LogP contribution in [0, 0.1) is 22.7 Å². The minimum atomic E-state index is 0.592. The number of hydrogen-bond acceptors (Lipinski definition) is 3. The van der Waals surface area contributed by atoms with Crippen molar-refractivity contribution in [3.63, 3.8) is 0 Å². The lowest BCUT2D eigenvalue weighted by Gasteiger charge is -2.15. The topological polar surface area (TPSA) is 57.4 Å². The summed E-state index contributed by atoms with van der Waals surface area (Å²) in [7, 11) is 0. The van der Waals surface area contributed by atoms with Crippen molar-refractivity contribution < 1.29 is 0 Å². The summed E-state index contributed by atoms with van der Waals surface area (Å²) < 4.78 is 7.28. The molecule has 50 heavy (non-hydrogen) atoms. The number of allylic oxidation sites excluding steroid dienone is 3. The molecule has 0 saturated heterocycles. The Labute approximate surface area is 291 Å². The van der Waals surface area contributed by atoms with Crippen LogP contribution in [0.5, 0.6) is 0 Å². The zero-order valence-electron chi connectivity index (χ0n) is 26.8. The van der Waals surface area contributed by atoms with Gasteiger partial charge in [-0.1, -0.05) is 78.9 Å². The molecule has 0 bridgehead atoms. The molecule has 0 unspecified atom stereocenters. The highest BCUT2D eigenvalue weighted by atomic mass is 32.1. The summed E-state index contributed by atoms with van der Waals surface area (Å²) in [5.41, 5.74) is 11.1. The lowest BCUT2D eigenvalue weighted by Crippen LogP contribution is -2.00. The molecule has 3 aromatic heterocycles. The smallest absolute Gasteiger partial charge is 0.0992 e. The molecule has 0 amide bonds. The lowest BCUT2D eigenvalue weighted by molar-refractivity contribution is 1.01. The second kappa shape index (κ2) is 10.9. The SMILES string of the molecule is N#Cc1ccc(C2=Cc3c(n(-c4ccccc4)c4c3ccc3sc5ccccc5c34)CC=C2)c(-n2c3ccccc3c3cc(C#N)ccc32)c1. The molecule has 0 atom stereocenters. The summed E-state index contributed by atoms with van der Waals surface area (Å²) in [6, 6.07) is 48.8. The van der Waals surface area contributed by atoms with Crippen LogP contribution in [-0.4, -0.2) is 9.13 Å². The molecule has 0 spiro atoms. The van der Waals surface area contributed by atoms with Crippen molar-refractivity contribution >= 4 is 75.9 Å². The molecule has 1 aliphatic carbocycles. The fourth-order valence-electron chi connectivity index (χ4n) is 7.88. The monoisotopic (exact) mass is 654 g/mol. The van der Waals surface area contributed by atoms with Gasteiger partial charge < -0.3 is 9.13 Å². The average molecular weight is 655 g/mol. The van der Waals surface area contributed by atoms with Gasteiger partial charge in [-0.25, -0.2) is 0 Å². The van der Waals surface area contributed by atoms with Crippen molar-refractivity contribution in [2.24, 2.45) is 0 Å². The summed E-state index contributed by atoms with van der Waals surface area (Å²) in [5.74, 6) is 0. The number of fused-ring (bicyclic) bond motifs is 10. The van der Waals surface area contributed by atoms with E-state index in [2.05, 4.69) is 124 Å². The third-order valence-electron chi connectivity index (χ3n) is 10.0. The molecular formula is C45H26N4S. The van der Waals surface area contributed by atoms with Crippen LogP contribution in [0.2, 0.25) is 0 Å². The fraction of sp³-hybridized carbons (Fsp3) is 0.0222. The van der Waals surface area contributed by atoms with Crippen molar-refractivity contribution in [3.8, 4) is 23.5 Å². The highest BCUT2D eigenvalue weighted by Crippen LogP contribution is 2.44. The molecular weight excluding hydrogens is 629 g/mol. The van der Waals surface area contributed by atoms with E-state index in [1.807, 2.05) is 53.8 Å². The average Bonchev–Trinajstić information content (AvgIpc) is 3.75. The molecule has 0 N–H and O–H groups in total. The number of nitrogens with zero attached hydrogens (tertiary/aromatic N) is 4. The lowest BCUT2D eigenvalue weighted by atomic mass is 9.98. The Hall–Kier alpha value is -6.66. The predicted molar refractivity (Wildman–Crippen MR) is 207 cm³/mol. The van der Waals surface area contributed by atoms with Crippen molar-refractivity contribution in [2.75, 3.05) is 0 Å². The van der Waals surface area contributed by atoms with Gasteiger partial charge in [0.1, 0.15) is 0 Å². The first-order valence-corrected chi connectivity index (χ1v) is 17.4. The first kappa shape index (κ1) is 28.4. The Kier molecular flexibility index (Phi) is 6.20. The van der Waals surface area contributed by atoms with E-state index in [4.69, 9.17) is 0 Å². The van der Waals surface area contributed by atoms with Crippen LogP contribution in [0.3, 0.4) is 0 Å². The number of aromatic nitrogens is 2. The number of benzene rings is 6. The van der Waals surface area contributed by atoms with E-state index >= 15 is 0 Å². The van der Waals surface area contributed by atoms with E-state index in [9.17, 15) is 10.5 Å². The standard InChI is InChI=1S/C45H26N4S/c46-26-28-18-21-40-36(23-28)33-12-4-6-14-38(33)49(40)41-24-29(27-47)17-19-32(41)30-9-8-15-39-37(25-30)34-20-22-43-44(35-13-5-7-16-42(35)50-43)45(34)48(39)31-10-2-1-3-11-31/h1-14,16-25H,15H2. The largest absolute Gasteiger partial charge is 0.312 e. The second-order valence-electron chi connectivity index (χ2n) is 12.7. The van der Waals surface area contributed by atoms with Gasteiger partial charge in [-0.15, -0.1) is 11.3 Å². The molecule has 6 aromatic carbocycles. The second-order valence-corrected chi connectivity index (χ2v) is 13.8. The first-order chi connectivity index (χ1) is 24.7. The summed E-state index contributed by atoms with van der Waals surface area (Å²) in [4.78, 5) is 0. The van der Waals surface area contributed by atoms with Crippen molar-refractivity contribution in [3.05, 3.63) is 167 Å². The van der Waals surface area contributed by atoms with E-state index < -0.39 is 0 Å². The highest BCUT2D eigenvalue weighted by molar-refractivity contribution is 7.26. The van der Waals surface area contributed by atoms with Crippen LogP contribution in [0.25, 0.3) is 75.9 Å². The molecule has 1 aliphatic rings. The van der Waals surface area contributed by atoms with Crippen molar-refractivity contribution in [1.82, 2.24) is 9.13 Å². The van der Waals surface area contributed by atoms with Crippen molar-refractivity contribution in [2.45, 2.75) is 6.42 Å². The summed E-state index contributed by atoms with van der Waals surface area (Å²) >= 11 is 1.85. The van der Waals surface area contributed by atoms with Gasteiger partial charge in [-0.2, -0.15) is 10.5 Å². The molecule has 5 heteroatoms. The third-order valence-corrected chi connectivity index (χ3v) is 11.1. The van der Waals surface area contributed by atoms with Gasteiger partial charge in [0.2, 0.25) is 0 Å². The normalized spacial score (nSPS) is 12.7. The molecule has 0 aliphatic heterocycles. The van der Waals surface area contributed by atoms with E-state index in [1.165, 1.54) is 42.3 Å². The van der Waals surface area contributed by atoms with Crippen LogP contribution in [0.15, 0.2) is 140 Å². The van der Waals surface area contributed by atoms with E-state index in [0.29, 0.717) is 11.1 Å². The third kappa shape index (κ3) is 4.08. The predicted octanol–water partition coefficient (Wildman–Crippen LogP) is 11.5. The van der Waals surface area contributed by atoms with E-state index in [1.54, 1.807) is 0 Å². The van der Waals surface area contributed by atoms with Crippen molar-refractivity contribution in [1.29, 1.82) is 10.5 Å². The molecule has 10 rings (SSSR count). The zero-order valence-corrected chi connectivity index (χ0v) is 27.6. The molecule has 0 radical (unpaired) electrons. The molecule has 232 valence electrons. The van der Waals surface area contributed by atoms with Crippen LogP contribution in [0.1, 0.15) is 27.9 Å². The summed E-state index contributed by atoms with van der Waals surface area (Å²) in [6.07, 6.45) is 7.60. The Morgan fingerprint density at radius 2 is 1.34 bits per heavy atom. The summed E-state index contributed by atoms with van der Waals surface area (Å²) in [6.45, 7) is 0. The number of hydrogen-bond donors (Lipinski definition) is 0. The van der Waals surface area contributed by atoms with Gasteiger partial charge in [0.05, 0.1) is 45.5 Å². The Bertz CT molecular complexity index is 3030. The Balaban J connectivity index is 1.29. The Morgan fingerprint density at radius 1 is 0.600 bits per heavy atom. The van der Waals surface area contributed by atoms with Crippen LogP contribution in [0.4, 0.5) is 0 Å². The van der Waals surface area contributed by atoms with Gasteiger partial charge >= 0.3 is 0 Å². The molecule has 9 aromatic rings. The highest BCUT2D eigenvalue weighted by Gasteiger charge is 2.24. The van der Waals surface area contributed by atoms with Crippen LogP contribution < -0.4 is 0 Å². The van der Waals surface area contributed by atoms with Crippen LogP contribution in [-0.2, 0) is 6.42 Å². The minimum absolute atomic E-state index is 0.592. The van der Waals surface area contributed by atoms with E-state index in [0.717, 1.165) is 50.7 Å². The van der Waals surface area contributed by atoms with Crippen LogP contribution >= 0.6 is 11.3 Å². The van der Waals surface area contributed by atoms with Gasteiger partial charge in [-0.05, 0) is 72.3 Å². The maximum atomic E-state index is 10.1. The van der Waals surface area contributed by atoms with Gasteiger partial charge in [0.15, 0.2) is 0 Å². The van der Waals surface area contributed by atoms with Gasteiger partial charge in [0.25, 0.3) is 0 Å². The Morgan fingerprint density at radius 3 is 2.20 bits per heavy atom. The molecule has 4 nitrogen and oxygen atoms in total. The minimum Gasteiger partial charge on any atom is -0.312 e. The maximum absolute atomic E-state index is 10.1. The van der Waals surface area contributed by atoms with E-state index in [-0.39, 0.29) is 0 Å². The first-order valence-electron chi connectivity index (χ1n) is 16.6. The zero-order chi connectivity index (χ0) is 33.3.